The minimum absolute atomic E-state index is 0.568. The summed E-state index contributed by atoms with van der Waals surface area (Å²) in [5.74, 6) is 0. The van der Waals surface area contributed by atoms with Gasteiger partial charge in [-0.05, 0) is 60.7 Å². The number of aromatic nitrogens is 3. The van der Waals surface area contributed by atoms with E-state index in [0.29, 0.717) is 11.0 Å². The Hall–Kier alpha value is -5.35. The normalized spacial score (nSPS) is 12.1. The number of nitrogens with zero attached hydrogens (tertiary/aromatic N) is 3. The van der Waals surface area contributed by atoms with Gasteiger partial charge in [0, 0.05) is 43.7 Å². The van der Waals surface area contributed by atoms with Crippen molar-refractivity contribution < 1.29 is 4.48 Å². The Balaban J connectivity index is 1.34. The van der Waals surface area contributed by atoms with E-state index in [4.69, 9.17) is 0 Å². The molecule has 3 heterocycles. The molecule has 4 heteroatoms. The second kappa shape index (κ2) is 7.84. The number of hydrogen-bond donors (Lipinski definition) is 0. The quantitative estimate of drug-likeness (QED) is 0.218. The fourth-order valence-corrected chi connectivity index (χ4v) is 6.63. The highest BCUT2D eigenvalue weighted by Crippen LogP contribution is 2.38. The molecule has 0 aliphatic heterocycles. The van der Waals surface area contributed by atoms with E-state index >= 15 is 4.48 Å². The molecule has 0 saturated carbocycles. The number of halogens is 1. The lowest BCUT2D eigenvalue weighted by molar-refractivity contribution is 0.405. The van der Waals surface area contributed by atoms with Crippen molar-refractivity contribution in [2.75, 3.05) is 0 Å². The fourth-order valence-electron chi connectivity index (χ4n) is 6.63. The molecule has 3 nitrogen and oxygen atoms in total. The molecule has 0 aliphatic rings. The first kappa shape index (κ1) is 21.6. The van der Waals surface area contributed by atoms with Gasteiger partial charge in [-0.2, -0.15) is 4.79 Å². The Kier molecular flexibility index (Phi) is 4.23. The van der Waals surface area contributed by atoms with Gasteiger partial charge >= 0.3 is 0 Å². The highest BCUT2D eigenvalue weighted by molar-refractivity contribution is 6.13. The van der Waals surface area contributed by atoms with E-state index in [1.165, 1.54) is 21.5 Å². The van der Waals surface area contributed by atoms with Gasteiger partial charge in [0.25, 0.3) is 0 Å². The SMILES string of the molecule is Fn1c2ccc(-n3c4ccccc4c4ccccc43)cc2c2cc(-n3c4ccccc4c4ccccc43)ccc21. The maximum absolute atomic E-state index is 15.7. The van der Waals surface area contributed by atoms with E-state index in [1.54, 1.807) is 0 Å². The largest absolute Gasteiger partial charge is 0.309 e. The van der Waals surface area contributed by atoms with Crippen molar-refractivity contribution in [3.8, 4) is 11.4 Å². The van der Waals surface area contributed by atoms with Crippen LogP contribution in [0.15, 0.2) is 133 Å². The molecule has 188 valence electrons. The second-order valence-electron chi connectivity index (χ2n) is 10.4. The van der Waals surface area contributed by atoms with Gasteiger partial charge < -0.3 is 9.13 Å². The molecule has 0 saturated heterocycles. The lowest BCUT2D eigenvalue weighted by atomic mass is 10.1. The van der Waals surface area contributed by atoms with Crippen molar-refractivity contribution in [1.82, 2.24) is 13.9 Å². The summed E-state index contributed by atoms with van der Waals surface area (Å²) in [6.07, 6.45) is 0. The van der Waals surface area contributed by atoms with Crippen molar-refractivity contribution in [1.29, 1.82) is 0 Å². The summed E-state index contributed by atoms with van der Waals surface area (Å²) in [6, 6.07) is 45.9. The number of fused-ring (bicyclic) bond motifs is 9. The molecule has 0 unspecified atom stereocenters. The molecule has 3 aromatic heterocycles. The zero-order valence-corrected chi connectivity index (χ0v) is 21.4. The summed E-state index contributed by atoms with van der Waals surface area (Å²) in [5.41, 5.74) is 7.71. The first-order valence-corrected chi connectivity index (χ1v) is 13.5. The monoisotopic (exact) mass is 515 g/mol. The van der Waals surface area contributed by atoms with Crippen LogP contribution in [0.25, 0.3) is 76.8 Å². The Morgan fingerprint density at radius 2 is 0.650 bits per heavy atom. The summed E-state index contributed by atoms with van der Waals surface area (Å²) >= 11 is 0. The molecule has 0 atom stereocenters. The number of hydrogen-bond acceptors (Lipinski definition) is 0. The summed E-state index contributed by atoms with van der Waals surface area (Å²) in [7, 11) is 0. The van der Waals surface area contributed by atoms with Crippen LogP contribution in [0.4, 0.5) is 4.48 Å². The molecule has 0 amide bonds. The lowest BCUT2D eigenvalue weighted by Crippen LogP contribution is -1.94. The molecule has 0 radical (unpaired) electrons. The van der Waals surface area contributed by atoms with Crippen molar-refractivity contribution in [3.05, 3.63) is 133 Å². The molecule has 9 aromatic rings. The standard InChI is InChI=1S/C36H22FN3/c37-40-35-19-17-23(38-31-13-5-1-9-25(31)26-10-2-6-14-32(26)38)21-29(35)30-22-24(18-20-36(30)40)39-33-15-7-3-11-27(33)28-12-4-8-16-34(28)39/h1-22H. The maximum atomic E-state index is 15.7. The van der Waals surface area contributed by atoms with Crippen LogP contribution in [0.1, 0.15) is 0 Å². The van der Waals surface area contributed by atoms with Gasteiger partial charge in [0.05, 0.1) is 33.1 Å². The summed E-state index contributed by atoms with van der Waals surface area (Å²) < 4.78 is 20.2. The molecule has 0 aliphatic carbocycles. The van der Waals surface area contributed by atoms with Crippen LogP contribution >= 0.6 is 0 Å². The highest BCUT2D eigenvalue weighted by atomic mass is 19.2. The predicted molar refractivity (Wildman–Crippen MR) is 165 cm³/mol. The zero-order valence-electron chi connectivity index (χ0n) is 21.4. The van der Waals surface area contributed by atoms with Gasteiger partial charge in [0.2, 0.25) is 0 Å². The average Bonchev–Trinajstić information content (AvgIpc) is 3.63. The van der Waals surface area contributed by atoms with E-state index in [-0.39, 0.29) is 0 Å². The molecule has 0 fully saturated rings. The molecule has 40 heavy (non-hydrogen) atoms. The molecule has 0 spiro atoms. The average molecular weight is 516 g/mol. The summed E-state index contributed by atoms with van der Waals surface area (Å²) in [5, 5.41) is 6.61. The first-order valence-electron chi connectivity index (χ1n) is 13.5. The van der Waals surface area contributed by atoms with Gasteiger partial charge in [-0.3, -0.25) is 0 Å². The molecule has 6 aromatic carbocycles. The van der Waals surface area contributed by atoms with Crippen molar-refractivity contribution in [3.63, 3.8) is 0 Å². The van der Waals surface area contributed by atoms with Crippen LogP contribution in [0, 0.1) is 0 Å². The Morgan fingerprint density at radius 1 is 0.325 bits per heavy atom. The van der Waals surface area contributed by atoms with E-state index in [9.17, 15) is 0 Å². The fraction of sp³-hybridized carbons (Fsp3) is 0. The van der Waals surface area contributed by atoms with Crippen LogP contribution in [0.2, 0.25) is 0 Å². The van der Waals surface area contributed by atoms with Gasteiger partial charge in [-0.1, -0.05) is 77.3 Å². The topological polar surface area (TPSA) is 14.8 Å². The molecule has 9 rings (SSSR count). The number of rotatable bonds is 2. The molecule has 0 bridgehead atoms. The number of benzene rings is 6. The molecule has 0 N–H and O–H groups in total. The van der Waals surface area contributed by atoms with E-state index in [0.717, 1.165) is 49.0 Å². The van der Waals surface area contributed by atoms with Crippen molar-refractivity contribution in [2.24, 2.45) is 0 Å². The zero-order chi connectivity index (χ0) is 26.4. The Bertz CT molecular complexity index is 2180. The summed E-state index contributed by atoms with van der Waals surface area (Å²) in [4.78, 5) is 0.815. The Labute approximate surface area is 228 Å². The van der Waals surface area contributed by atoms with Crippen molar-refractivity contribution >= 4 is 65.4 Å². The van der Waals surface area contributed by atoms with Crippen LogP contribution in [-0.4, -0.2) is 13.9 Å². The second-order valence-corrected chi connectivity index (χ2v) is 10.4. The molecular weight excluding hydrogens is 493 g/mol. The maximum Gasteiger partial charge on any atom is 0.0827 e. The minimum Gasteiger partial charge on any atom is -0.309 e. The lowest BCUT2D eigenvalue weighted by Gasteiger charge is -2.09. The minimum atomic E-state index is 0.568. The van der Waals surface area contributed by atoms with Crippen LogP contribution in [-0.2, 0) is 0 Å². The van der Waals surface area contributed by atoms with Crippen LogP contribution in [0.5, 0.6) is 0 Å². The van der Waals surface area contributed by atoms with Gasteiger partial charge in [-0.15, -0.1) is 0 Å². The predicted octanol–water partition coefficient (Wildman–Crippen LogP) is 9.72. The van der Waals surface area contributed by atoms with Crippen LogP contribution < -0.4 is 0 Å². The van der Waals surface area contributed by atoms with E-state index < -0.39 is 0 Å². The third kappa shape index (κ3) is 2.77. The van der Waals surface area contributed by atoms with E-state index in [2.05, 4.69) is 118 Å². The van der Waals surface area contributed by atoms with Gasteiger partial charge in [0.1, 0.15) is 0 Å². The van der Waals surface area contributed by atoms with Gasteiger partial charge in [0.15, 0.2) is 0 Å². The smallest absolute Gasteiger partial charge is 0.0827 e. The Morgan fingerprint density at radius 3 is 1.00 bits per heavy atom. The van der Waals surface area contributed by atoms with E-state index in [1.807, 2.05) is 24.3 Å². The van der Waals surface area contributed by atoms with Gasteiger partial charge in [-0.25, -0.2) is 0 Å². The highest BCUT2D eigenvalue weighted by Gasteiger charge is 2.17. The number of para-hydroxylation sites is 4. The molecular formula is C36H22FN3. The summed E-state index contributed by atoms with van der Waals surface area (Å²) in [6.45, 7) is 0. The van der Waals surface area contributed by atoms with Crippen LogP contribution in [0.3, 0.4) is 0 Å². The van der Waals surface area contributed by atoms with Crippen molar-refractivity contribution in [2.45, 2.75) is 0 Å². The third-order valence-corrected chi connectivity index (χ3v) is 8.35. The third-order valence-electron chi connectivity index (χ3n) is 8.35. The first-order chi connectivity index (χ1) is 19.8.